The molecule has 0 saturated carbocycles. The van der Waals surface area contributed by atoms with Gasteiger partial charge in [-0.25, -0.2) is 9.78 Å². The largest absolute Gasteiger partial charge is 0.481 e. The molecule has 0 amide bonds. The van der Waals surface area contributed by atoms with Crippen LogP contribution in [0.3, 0.4) is 0 Å². The SMILES string of the molecule is CCCCc1nc2ccc(OC)nc2n1Cc1ccc(-c2ccccc2C(=O)O)cc1. The summed E-state index contributed by atoms with van der Waals surface area (Å²) >= 11 is 0. The van der Waals surface area contributed by atoms with Crippen molar-refractivity contribution in [1.29, 1.82) is 0 Å². The van der Waals surface area contributed by atoms with Crippen LogP contribution in [0.5, 0.6) is 5.88 Å². The average Bonchev–Trinajstić information content (AvgIpc) is 3.14. The Hall–Kier alpha value is -3.67. The molecule has 158 valence electrons. The fourth-order valence-electron chi connectivity index (χ4n) is 3.73. The van der Waals surface area contributed by atoms with Crippen LogP contribution in [0.2, 0.25) is 0 Å². The minimum absolute atomic E-state index is 0.300. The maximum Gasteiger partial charge on any atom is 0.336 e. The summed E-state index contributed by atoms with van der Waals surface area (Å²) in [4.78, 5) is 21.0. The maximum absolute atomic E-state index is 11.5. The molecule has 0 aliphatic carbocycles. The Morgan fingerprint density at radius 1 is 1.03 bits per heavy atom. The predicted octanol–water partition coefficient (Wildman–Crippen LogP) is 5.20. The van der Waals surface area contributed by atoms with Crippen LogP contribution in [0.15, 0.2) is 60.7 Å². The van der Waals surface area contributed by atoms with Crippen molar-refractivity contribution in [2.45, 2.75) is 32.7 Å². The van der Waals surface area contributed by atoms with Crippen molar-refractivity contribution in [1.82, 2.24) is 14.5 Å². The normalized spacial score (nSPS) is 11.0. The number of carboxylic acid groups (broad SMARTS) is 1. The first-order valence-electron chi connectivity index (χ1n) is 10.4. The van der Waals surface area contributed by atoms with Crippen molar-refractivity contribution in [3.63, 3.8) is 0 Å². The molecule has 0 radical (unpaired) electrons. The highest BCUT2D eigenvalue weighted by Crippen LogP contribution is 2.25. The number of aromatic carboxylic acids is 1. The van der Waals surface area contributed by atoms with Crippen LogP contribution < -0.4 is 4.74 Å². The first-order chi connectivity index (χ1) is 15.1. The van der Waals surface area contributed by atoms with Gasteiger partial charge in [-0.05, 0) is 35.2 Å². The van der Waals surface area contributed by atoms with E-state index in [0.717, 1.165) is 47.4 Å². The number of unbranched alkanes of at least 4 members (excludes halogenated alkanes) is 1. The zero-order chi connectivity index (χ0) is 21.8. The zero-order valence-electron chi connectivity index (χ0n) is 17.7. The van der Waals surface area contributed by atoms with E-state index < -0.39 is 5.97 Å². The van der Waals surface area contributed by atoms with Crippen molar-refractivity contribution in [3.8, 4) is 17.0 Å². The first kappa shape index (κ1) is 20.6. The Kier molecular flexibility index (Phi) is 5.98. The number of aryl methyl sites for hydroxylation is 1. The highest BCUT2D eigenvalue weighted by molar-refractivity contribution is 5.96. The second-order valence-electron chi connectivity index (χ2n) is 7.46. The van der Waals surface area contributed by atoms with E-state index in [4.69, 9.17) is 9.72 Å². The van der Waals surface area contributed by atoms with Crippen molar-refractivity contribution >= 4 is 17.1 Å². The van der Waals surface area contributed by atoms with Crippen LogP contribution in [-0.4, -0.2) is 32.7 Å². The molecule has 6 nitrogen and oxygen atoms in total. The van der Waals surface area contributed by atoms with E-state index in [9.17, 15) is 9.90 Å². The van der Waals surface area contributed by atoms with Gasteiger partial charge in [0.25, 0.3) is 0 Å². The van der Waals surface area contributed by atoms with Gasteiger partial charge in [0.15, 0.2) is 5.65 Å². The van der Waals surface area contributed by atoms with Gasteiger partial charge < -0.3 is 14.4 Å². The molecule has 0 fully saturated rings. The number of aromatic nitrogens is 3. The van der Waals surface area contributed by atoms with Gasteiger partial charge in [-0.3, -0.25) is 0 Å². The Morgan fingerprint density at radius 2 is 1.81 bits per heavy atom. The summed E-state index contributed by atoms with van der Waals surface area (Å²) < 4.78 is 7.46. The van der Waals surface area contributed by atoms with Gasteiger partial charge in [0, 0.05) is 12.5 Å². The summed E-state index contributed by atoms with van der Waals surface area (Å²) in [7, 11) is 1.61. The number of nitrogens with zero attached hydrogens (tertiary/aromatic N) is 3. The lowest BCUT2D eigenvalue weighted by Gasteiger charge is -2.11. The van der Waals surface area contributed by atoms with E-state index in [0.29, 0.717) is 23.6 Å². The predicted molar refractivity (Wildman–Crippen MR) is 121 cm³/mol. The molecule has 2 aromatic carbocycles. The number of imidazole rings is 1. The van der Waals surface area contributed by atoms with Gasteiger partial charge in [0.1, 0.15) is 11.3 Å². The quantitative estimate of drug-likeness (QED) is 0.428. The molecule has 31 heavy (non-hydrogen) atoms. The lowest BCUT2D eigenvalue weighted by molar-refractivity contribution is 0.0697. The number of fused-ring (bicyclic) bond motifs is 1. The summed E-state index contributed by atoms with van der Waals surface area (Å²) in [5.41, 5.74) is 4.66. The van der Waals surface area contributed by atoms with Gasteiger partial charge in [-0.2, -0.15) is 4.98 Å². The van der Waals surface area contributed by atoms with E-state index in [-0.39, 0.29) is 0 Å². The smallest absolute Gasteiger partial charge is 0.336 e. The topological polar surface area (TPSA) is 77.2 Å². The van der Waals surface area contributed by atoms with E-state index in [2.05, 4.69) is 16.5 Å². The minimum atomic E-state index is -0.926. The fourth-order valence-corrected chi connectivity index (χ4v) is 3.73. The molecule has 2 heterocycles. The molecule has 0 aliphatic rings. The molecule has 0 spiro atoms. The lowest BCUT2D eigenvalue weighted by atomic mass is 9.99. The standard InChI is InChI=1S/C25H25N3O3/c1-3-4-9-22-26-21-14-15-23(31-2)27-24(21)28(22)16-17-10-12-18(13-11-17)19-7-5-6-8-20(19)25(29)30/h5-8,10-15H,3-4,9,16H2,1-2H3,(H,29,30). The third kappa shape index (κ3) is 4.28. The van der Waals surface area contributed by atoms with Gasteiger partial charge in [0.05, 0.1) is 19.2 Å². The molecule has 0 bridgehead atoms. The number of carbonyl (C=O) groups is 1. The number of pyridine rings is 1. The average molecular weight is 415 g/mol. The summed E-state index contributed by atoms with van der Waals surface area (Å²) in [6, 6.07) is 18.8. The van der Waals surface area contributed by atoms with Gasteiger partial charge in [-0.1, -0.05) is 55.8 Å². The molecule has 0 unspecified atom stereocenters. The molecule has 2 aromatic heterocycles. The maximum atomic E-state index is 11.5. The fraction of sp³-hybridized carbons (Fsp3) is 0.240. The van der Waals surface area contributed by atoms with E-state index in [1.165, 1.54) is 0 Å². The third-order valence-corrected chi connectivity index (χ3v) is 5.37. The minimum Gasteiger partial charge on any atom is -0.481 e. The second kappa shape index (κ2) is 9.00. The molecule has 4 rings (SSSR count). The Bertz CT molecular complexity index is 1210. The zero-order valence-corrected chi connectivity index (χ0v) is 17.7. The molecular weight excluding hydrogens is 390 g/mol. The van der Waals surface area contributed by atoms with E-state index in [1.54, 1.807) is 19.2 Å². The number of hydrogen-bond donors (Lipinski definition) is 1. The molecule has 6 heteroatoms. The number of benzene rings is 2. The molecule has 0 aliphatic heterocycles. The van der Waals surface area contributed by atoms with Crippen molar-refractivity contribution in [3.05, 3.63) is 77.6 Å². The van der Waals surface area contributed by atoms with E-state index in [1.807, 2.05) is 48.5 Å². The van der Waals surface area contributed by atoms with Crippen molar-refractivity contribution < 1.29 is 14.6 Å². The van der Waals surface area contributed by atoms with Crippen LogP contribution in [-0.2, 0) is 13.0 Å². The molecule has 0 atom stereocenters. The Balaban J connectivity index is 1.68. The van der Waals surface area contributed by atoms with Crippen molar-refractivity contribution in [2.75, 3.05) is 7.11 Å². The monoisotopic (exact) mass is 415 g/mol. The highest BCUT2D eigenvalue weighted by atomic mass is 16.5. The first-order valence-corrected chi connectivity index (χ1v) is 10.4. The highest BCUT2D eigenvalue weighted by Gasteiger charge is 2.14. The molecular formula is C25H25N3O3. The van der Waals surface area contributed by atoms with Crippen LogP contribution in [0.4, 0.5) is 0 Å². The Morgan fingerprint density at radius 3 is 2.52 bits per heavy atom. The molecule has 0 saturated heterocycles. The summed E-state index contributed by atoms with van der Waals surface area (Å²) in [6.07, 6.45) is 3.04. The number of carboxylic acids is 1. The van der Waals surface area contributed by atoms with Crippen LogP contribution in [0.25, 0.3) is 22.3 Å². The van der Waals surface area contributed by atoms with Crippen LogP contribution in [0.1, 0.15) is 41.5 Å². The number of methoxy groups -OCH3 is 1. The van der Waals surface area contributed by atoms with Crippen LogP contribution in [0, 0.1) is 0 Å². The van der Waals surface area contributed by atoms with Crippen LogP contribution >= 0.6 is 0 Å². The summed E-state index contributed by atoms with van der Waals surface area (Å²) in [5, 5.41) is 9.47. The number of rotatable bonds is 8. The van der Waals surface area contributed by atoms with E-state index >= 15 is 0 Å². The second-order valence-corrected chi connectivity index (χ2v) is 7.46. The van der Waals surface area contributed by atoms with Gasteiger partial charge in [0.2, 0.25) is 5.88 Å². The summed E-state index contributed by atoms with van der Waals surface area (Å²) in [6.45, 7) is 2.80. The third-order valence-electron chi connectivity index (χ3n) is 5.37. The Labute approximate surface area is 181 Å². The number of ether oxygens (including phenoxy) is 1. The summed E-state index contributed by atoms with van der Waals surface area (Å²) in [5.74, 6) is 0.652. The van der Waals surface area contributed by atoms with Gasteiger partial charge >= 0.3 is 5.97 Å². The van der Waals surface area contributed by atoms with Gasteiger partial charge in [-0.15, -0.1) is 0 Å². The molecule has 1 N–H and O–H groups in total. The van der Waals surface area contributed by atoms with Crippen molar-refractivity contribution in [2.24, 2.45) is 0 Å². The number of hydrogen-bond acceptors (Lipinski definition) is 4. The molecule has 4 aromatic rings. The lowest BCUT2D eigenvalue weighted by Crippen LogP contribution is -2.06.